The lowest BCUT2D eigenvalue weighted by Gasteiger charge is -2.40. The van der Waals surface area contributed by atoms with Crippen LogP contribution < -0.4 is 5.32 Å². The molecular formula is C38H54F2N4O4Si. The summed E-state index contributed by atoms with van der Waals surface area (Å²) >= 11 is 0. The molecular weight excluding hydrogens is 643 g/mol. The predicted octanol–water partition coefficient (Wildman–Crippen LogP) is 8.19. The zero-order valence-electron chi connectivity index (χ0n) is 30.4. The fraction of sp³-hybridized carbons (Fsp3) is 0.579. The quantitative estimate of drug-likeness (QED) is 0.216. The number of likely N-dealkylation sites (tertiary alicyclic amines) is 1. The molecule has 268 valence electrons. The Morgan fingerprint density at radius 2 is 1.73 bits per heavy atom. The molecule has 2 saturated heterocycles. The Morgan fingerprint density at radius 3 is 2.39 bits per heavy atom. The summed E-state index contributed by atoms with van der Waals surface area (Å²) in [4.78, 5) is 20.1. The first-order valence-corrected chi connectivity index (χ1v) is 20.4. The first kappa shape index (κ1) is 37.1. The standard InChI is InChI=1S/C38H54F2N4O4Si/c1-37(2,3)47-36(45)44-23-28(33(25-44)48-49(7,8)38(4,5)6)21-41-34(27-16-18-46-19-17-27)35-42-32(30-20-29(39)14-15-31(30)40)24-43(35)22-26-12-10-9-11-13-26/h9-15,20,24,27-28,33-34,41H,16-19,21-23,25H2,1-8H3. The topological polar surface area (TPSA) is 77.9 Å². The van der Waals surface area contributed by atoms with Gasteiger partial charge in [0.1, 0.15) is 23.1 Å². The van der Waals surface area contributed by atoms with E-state index >= 15 is 4.39 Å². The number of halogens is 2. The van der Waals surface area contributed by atoms with Crippen LogP contribution in [-0.4, -0.2) is 73.4 Å². The van der Waals surface area contributed by atoms with Gasteiger partial charge in [-0.2, -0.15) is 0 Å². The van der Waals surface area contributed by atoms with Gasteiger partial charge >= 0.3 is 6.09 Å². The van der Waals surface area contributed by atoms with E-state index in [9.17, 15) is 9.18 Å². The molecule has 2 aliphatic heterocycles. The predicted molar refractivity (Wildman–Crippen MR) is 191 cm³/mol. The normalized spacial score (nSPS) is 20.1. The van der Waals surface area contributed by atoms with E-state index in [2.05, 4.69) is 55.9 Å². The van der Waals surface area contributed by atoms with Crippen molar-refractivity contribution in [2.24, 2.45) is 11.8 Å². The Hall–Kier alpha value is -3.12. The van der Waals surface area contributed by atoms with Gasteiger partial charge in [0.15, 0.2) is 8.32 Å². The van der Waals surface area contributed by atoms with Gasteiger partial charge in [0, 0.05) is 57.1 Å². The summed E-state index contributed by atoms with van der Waals surface area (Å²) in [6, 6.07) is 13.3. The maximum absolute atomic E-state index is 15.1. The lowest BCUT2D eigenvalue weighted by atomic mass is 9.90. The molecule has 5 rings (SSSR count). The van der Waals surface area contributed by atoms with Crippen LogP contribution in [0.2, 0.25) is 18.1 Å². The highest BCUT2D eigenvalue weighted by atomic mass is 28.4. The monoisotopic (exact) mass is 696 g/mol. The summed E-state index contributed by atoms with van der Waals surface area (Å²) in [5.41, 5.74) is 0.986. The third-order valence-corrected chi connectivity index (χ3v) is 14.6. The second-order valence-electron chi connectivity index (χ2n) is 16.1. The zero-order chi connectivity index (χ0) is 35.6. The van der Waals surface area contributed by atoms with Gasteiger partial charge in [-0.05, 0) is 81.4 Å². The third-order valence-electron chi connectivity index (χ3n) is 10.1. The van der Waals surface area contributed by atoms with Crippen LogP contribution in [-0.2, 0) is 20.4 Å². The first-order valence-electron chi connectivity index (χ1n) is 17.5. The van der Waals surface area contributed by atoms with E-state index in [0.29, 0.717) is 45.1 Å². The van der Waals surface area contributed by atoms with Gasteiger partial charge in [0.05, 0.1) is 17.8 Å². The molecule has 0 bridgehead atoms. The van der Waals surface area contributed by atoms with E-state index in [0.717, 1.165) is 36.4 Å². The van der Waals surface area contributed by atoms with Gasteiger partial charge in [0.25, 0.3) is 0 Å². The number of ether oxygens (including phenoxy) is 2. The molecule has 3 heterocycles. The van der Waals surface area contributed by atoms with Crippen LogP contribution in [0, 0.1) is 23.5 Å². The number of rotatable bonds is 10. The van der Waals surface area contributed by atoms with E-state index in [1.165, 1.54) is 6.07 Å². The van der Waals surface area contributed by atoms with E-state index in [1.807, 2.05) is 45.2 Å². The lowest BCUT2D eigenvalue weighted by Crippen LogP contribution is -2.47. The van der Waals surface area contributed by atoms with Gasteiger partial charge in [-0.15, -0.1) is 0 Å². The summed E-state index contributed by atoms with van der Waals surface area (Å²) in [5.74, 6) is -0.0798. The Morgan fingerprint density at radius 1 is 1.04 bits per heavy atom. The van der Waals surface area contributed by atoms with E-state index in [-0.39, 0.29) is 40.7 Å². The Labute approximate surface area is 291 Å². The molecule has 1 N–H and O–H groups in total. The average molecular weight is 697 g/mol. The number of carbonyl (C=O) groups is 1. The van der Waals surface area contributed by atoms with Crippen molar-refractivity contribution < 1.29 is 27.5 Å². The highest BCUT2D eigenvalue weighted by Gasteiger charge is 2.45. The SMILES string of the molecule is CC(C)(C)OC(=O)N1CC(CNC(c2nc(-c3cc(F)ccc3F)cn2Cc2ccccc2)C2CCOCC2)C(O[Si](C)(C)C(C)(C)C)C1. The minimum absolute atomic E-state index is 0.000272. The molecule has 1 amide bonds. The van der Waals surface area contributed by atoms with Gasteiger partial charge in [-0.25, -0.2) is 18.6 Å². The highest BCUT2D eigenvalue weighted by Crippen LogP contribution is 2.40. The number of hydrogen-bond acceptors (Lipinski definition) is 6. The van der Waals surface area contributed by atoms with E-state index < -0.39 is 25.6 Å². The molecule has 2 fully saturated rings. The van der Waals surface area contributed by atoms with Crippen molar-refractivity contribution in [3.05, 3.63) is 77.8 Å². The largest absolute Gasteiger partial charge is 0.444 e. The average Bonchev–Trinajstić information content (AvgIpc) is 3.62. The molecule has 0 saturated carbocycles. The second kappa shape index (κ2) is 15.0. The van der Waals surface area contributed by atoms with Crippen LogP contribution in [0.3, 0.4) is 0 Å². The Kier molecular flexibility index (Phi) is 11.4. The summed E-state index contributed by atoms with van der Waals surface area (Å²) in [6.07, 6.45) is 2.99. The minimum atomic E-state index is -2.18. The van der Waals surface area contributed by atoms with Gasteiger partial charge in [-0.1, -0.05) is 51.1 Å². The number of hydrogen-bond donors (Lipinski definition) is 1. The molecule has 3 atom stereocenters. The number of imidazole rings is 1. The third kappa shape index (κ3) is 9.36. The van der Waals surface area contributed by atoms with Gasteiger partial charge in [-0.3, -0.25) is 0 Å². The zero-order valence-corrected chi connectivity index (χ0v) is 31.4. The molecule has 11 heteroatoms. The van der Waals surface area contributed by atoms with Crippen molar-refractivity contribution >= 4 is 14.4 Å². The maximum Gasteiger partial charge on any atom is 0.410 e. The smallest absolute Gasteiger partial charge is 0.410 e. The molecule has 3 aromatic rings. The summed E-state index contributed by atoms with van der Waals surface area (Å²) in [6.45, 7) is 20.1. The van der Waals surface area contributed by atoms with Crippen molar-refractivity contribution in [1.29, 1.82) is 0 Å². The Bertz CT molecular complexity index is 1560. The van der Waals surface area contributed by atoms with Crippen LogP contribution in [0.1, 0.15) is 71.8 Å². The molecule has 1 aromatic heterocycles. The van der Waals surface area contributed by atoms with Crippen molar-refractivity contribution in [3.8, 4) is 11.3 Å². The number of amides is 1. The molecule has 2 aliphatic rings. The first-order chi connectivity index (χ1) is 23.0. The number of nitrogens with one attached hydrogen (secondary N) is 1. The fourth-order valence-corrected chi connectivity index (χ4v) is 7.78. The molecule has 0 aliphatic carbocycles. The molecule has 49 heavy (non-hydrogen) atoms. The number of nitrogens with zero attached hydrogens (tertiary/aromatic N) is 3. The Balaban J connectivity index is 1.49. The highest BCUT2D eigenvalue weighted by molar-refractivity contribution is 6.74. The van der Waals surface area contributed by atoms with Gasteiger partial charge < -0.3 is 28.7 Å². The summed E-state index contributed by atoms with van der Waals surface area (Å²) in [7, 11) is -2.18. The minimum Gasteiger partial charge on any atom is -0.444 e. The molecule has 8 nitrogen and oxygen atoms in total. The van der Waals surface area contributed by atoms with Crippen molar-refractivity contribution in [3.63, 3.8) is 0 Å². The second-order valence-corrected chi connectivity index (χ2v) is 20.9. The fourth-order valence-electron chi connectivity index (χ4n) is 6.41. The molecule has 0 spiro atoms. The lowest BCUT2D eigenvalue weighted by molar-refractivity contribution is 0.0272. The maximum atomic E-state index is 15.1. The van der Waals surface area contributed by atoms with Gasteiger partial charge in [0.2, 0.25) is 0 Å². The van der Waals surface area contributed by atoms with Crippen molar-refractivity contribution in [2.45, 2.75) is 96.8 Å². The van der Waals surface area contributed by atoms with E-state index in [4.69, 9.17) is 18.9 Å². The van der Waals surface area contributed by atoms with E-state index in [1.54, 1.807) is 4.90 Å². The number of carbonyl (C=O) groups excluding carboxylic acids is 1. The van der Waals surface area contributed by atoms with Crippen LogP contribution in [0.4, 0.5) is 13.6 Å². The van der Waals surface area contributed by atoms with Crippen LogP contribution in [0.15, 0.2) is 54.7 Å². The van der Waals surface area contributed by atoms with Crippen LogP contribution in [0.5, 0.6) is 0 Å². The molecule has 3 unspecified atom stereocenters. The molecule has 2 aromatic carbocycles. The summed E-state index contributed by atoms with van der Waals surface area (Å²) < 4.78 is 50.0. The number of aromatic nitrogens is 2. The molecule has 0 radical (unpaired) electrons. The van der Waals surface area contributed by atoms with Crippen LogP contribution in [0.25, 0.3) is 11.3 Å². The number of benzene rings is 2. The van der Waals surface area contributed by atoms with Crippen molar-refractivity contribution in [2.75, 3.05) is 32.8 Å². The summed E-state index contributed by atoms with van der Waals surface area (Å²) in [5, 5.41) is 3.88. The van der Waals surface area contributed by atoms with Crippen LogP contribution >= 0.6 is 0 Å². The van der Waals surface area contributed by atoms with Crippen molar-refractivity contribution in [1.82, 2.24) is 19.8 Å².